The summed E-state index contributed by atoms with van der Waals surface area (Å²) in [4.78, 5) is 40.0. The van der Waals surface area contributed by atoms with Crippen LogP contribution < -0.4 is 20.7 Å². The highest BCUT2D eigenvalue weighted by molar-refractivity contribution is 7.13. The van der Waals surface area contributed by atoms with Crippen LogP contribution in [0.4, 0.5) is 11.5 Å². The summed E-state index contributed by atoms with van der Waals surface area (Å²) < 4.78 is 11.8. The molecule has 6 atom stereocenters. The van der Waals surface area contributed by atoms with Gasteiger partial charge in [-0.1, -0.05) is 50.2 Å². The zero-order chi connectivity index (χ0) is 44.5. The van der Waals surface area contributed by atoms with Crippen molar-refractivity contribution in [3.8, 4) is 33.3 Å². The Morgan fingerprint density at radius 1 is 1.08 bits per heavy atom. The molecule has 64 heavy (non-hydrogen) atoms. The Morgan fingerprint density at radius 3 is 2.69 bits per heavy atom. The van der Waals surface area contributed by atoms with Crippen LogP contribution in [0.5, 0.6) is 11.6 Å². The number of amides is 2. The van der Waals surface area contributed by atoms with Crippen LogP contribution in [0.2, 0.25) is 0 Å². The Hall–Kier alpha value is -5.62. The standard InChI is InChI=1S/C47H58N10O6S/c1-28(2)42(46(61)57-24-34(58)20-38(57)45(60)50-29(3)31-10-12-32(13-11-31)43-30(4)49-27-64-43)40-22-41(54-63-40)62-19-18-55-17-14-33(23-55)56-16-7-15-47(26-56)25-48-44-37(51-47)21-36(52-53-44)35-8-5-6-9-39(35)59/h5-6,8-13,21-22,27-29,33-34,38,42,51,58-59H,7,14-20,23-26H2,1-4H3,(H,48,53)(H,50,60)/t29-,33?,34+,38-,42+,47?/m0/s1. The van der Waals surface area contributed by atoms with Crippen molar-refractivity contribution in [2.45, 2.75) is 89.1 Å². The number of benzene rings is 2. The van der Waals surface area contributed by atoms with Crippen LogP contribution in [0.25, 0.3) is 21.7 Å². The van der Waals surface area contributed by atoms with Crippen molar-refractivity contribution in [2.24, 2.45) is 5.92 Å². The number of aromatic nitrogens is 4. The lowest BCUT2D eigenvalue weighted by Crippen LogP contribution is -2.60. The lowest BCUT2D eigenvalue weighted by atomic mass is 9.86. The molecule has 1 spiro atoms. The number of likely N-dealkylation sites (tertiary alicyclic amines) is 3. The summed E-state index contributed by atoms with van der Waals surface area (Å²) in [6, 6.07) is 18.2. The second-order valence-electron chi connectivity index (χ2n) is 18.2. The molecule has 0 saturated carbocycles. The fourth-order valence-corrected chi connectivity index (χ4v) is 10.8. The Kier molecular flexibility index (Phi) is 12.6. The third-order valence-electron chi connectivity index (χ3n) is 13.4. The SMILES string of the molecule is Cc1ncsc1-c1ccc([C@H](C)NC(=O)[C@@H]2C[C@@H](O)CN2C(=O)[C@@H](c2cc(OCCN3CCC(N4CCCC5(CNc6nnc(-c7ccccc7O)cc6N5)C4)C3)no2)C(C)C)cc1. The highest BCUT2D eigenvalue weighted by Crippen LogP contribution is 2.38. The summed E-state index contributed by atoms with van der Waals surface area (Å²) in [6.45, 7) is 13.6. The molecule has 0 radical (unpaired) electrons. The number of anilines is 2. The van der Waals surface area contributed by atoms with E-state index in [1.165, 1.54) is 4.90 Å². The van der Waals surface area contributed by atoms with Crippen molar-refractivity contribution < 1.29 is 29.1 Å². The zero-order valence-corrected chi connectivity index (χ0v) is 37.7. The van der Waals surface area contributed by atoms with E-state index < -0.39 is 18.1 Å². The number of para-hydroxylation sites is 1. The minimum Gasteiger partial charge on any atom is -0.507 e. The Morgan fingerprint density at radius 2 is 1.91 bits per heavy atom. The van der Waals surface area contributed by atoms with Crippen LogP contribution in [-0.4, -0.2) is 133 Å². The molecule has 3 saturated heterocycles. The van der Waals surface area contributed by atoms with Gasteiger partial charge in [0.1, 0.15) is 24.3 Å². The molecule has 2 unspecified atom stereocenters. The highest BCUT2D eigenvalue weighted by Gasteiger charge is 2.44. The van der Waals surface area contributed by atoms with Gasteiger partial charge in [-0.25, -0.2) is 4.98 Å². The molecule has 7 heterocycles. The number of nitrogens with zero attached hydrogens (tertiary/aromatic N) is 7. The summed E-state index contributed by atoms with van der Waals surface area (Å²) in [5.74, 6) is 0.106. The molecule has 4 aliphatic heterocycles. The minimum atomic E-state index is -0.824. The molecule has 5 aromatic rings. The van der Waals surface area contributed by atoms with Crippen LogP contribution in [0, 0.1) is 12.8 Å². The van der Waals surface area contributed by atoms with Crippen molar-refractivity contribution in [2.75, 3.05) is 63.1 Å². The van der Waals surface area contributed by atoms with Crippen LogP contribution >= 0.6 is 11.3 Å². The minimum absolute atomic E-state index is 0.0580. The predicted octanol–water partition coefficient (Wildman–Crippen LogP) is 5.67. The van der Waals surface area contributed by atoms with Gasteiger partial charge in [-0.05, 0) is 86.6 Å². The second-order valence-corrected chi connectivity index (χ2v) is 19.1. The number of rotatable bonds is 13. The van der Waals surface area contributed by atoms with E-state index in [9.17, 15) is 19.8 Å². The third kappa shape index (κ3) is 9.16. The number of phenols is 1. The van der Waals surface area contributed by atoms with E-state index in [0.717, 1.165) is 91.7 Å². The van der Waals surface area contributed by atoms with E-state index in [-0.39, 0.29) is 48.0 Å². The van der Waals surface area contributed by atoms with E-state index in [2.05, 4.69) is 46.1 Å². The normalized spacial score (nSPS) is 23.4. The van der Waals surface area contributed by atoms with Gasteiger partial charge in [-0.15, -0.1) is 21.5 Å². The van der Waals surface area contributed by atoms with E-state index in [4.69, 9.17) is 9.26 Å². The molecular formula is C47H58N10O6S. The van der Waals surface area contributed by atoms with Gasteiger partial charge in [0.05, 0.1) is 45.1 Å². The number of aryl methyl sites for hydroxylation is 1. The molecule has 338 valence electrons. The number of aliphatic hydroxyl groups is 1. The lowest BCUT2D eigenvalue weighted by Gasteiger charge is -2.48. The number of aromatic hydroxyl groups is 1. The van der Waals surface area contributed by atoms with Crippen LogP contribution in [0.1, 0.15) is 75.4 Å². The van der Waals surface area contributed by atoms with E-state index in [0.29, 0.717) is 35.5 Å². The maximum Gasteiger partial charge on any atom is 0.254 e. The van der Waals surface area contributed by atoms with Gasteiger partial charge in [0.2, 0.25) is 11.8 Å². The fourth-order valence-electron chi connectivity index (χ4n) is 9.94. The number of carbonyl (C=O) groups is 2. The molecule has 4 aliphatic rings. The summed E-state index contributed by atoms with van der Waals surface area (Å²) in [5.41, 5.74) is 6.86. The number of carbonyl (C=O) groups excluding carboxylic acids is 2. The third-order valence-corrected chi connectivity index (χ3v) is 14.4. The summed E-state index contributed by atoms with van der Waals surface area (Å²) in [6.07, 6.45) is 2.52. The van der Waals surface area contributed by atoms with E-state index in [1.807, 2.05) is 75.7 Å². The summed E-state index contributed by atoms with van der Waals surface area (Å²) >= 11 is 1.59. The van der Waals surface area contributed by atoms with Crippen LogP contribution in [-0.2, 0) is 9.59 Å². The number of hydrogen-bond donors (Lipinski definition) is 5. The Balaban J connectivity index is 0.765. The van der Waals surface area contributed by atoms with Gasteiger partial charge in [0, 0.05) is 56.8 Å². The van der Waals surface area contributed by atoms with Crippen molar-refractivity contribution >= 4 is 34.7 Å². The van der Waals surface area contributed by atoms with Crippen molar-refractivity contribution in [3.63, 3.8) is 0 Å². The average Bonchev–Trinajstić information content (AvgIpc) is 4.12. The van der Waals surface area contributed by atoms with Crippen molar-refractivity contribution in [1.29, 1.82) is 0 Å². The zero-order valence-electron chi connectivity index (χ0n) is 36.9. The van der Waals surface area contributed by atoms with Gasteiger partial charge >= 0.3 is 0 Å². The number of aliphatic hydroxyl groups excluding tert-OH is 1. The van der Waals surface area contributed by atoms with Gasteiger partial charge < -0.3 is 40.3 Å². The molecular weight excluding hydrogens is 833 g/mol. The summed E-state index contributed by atoms with van der Waals surface area (Å²) in [7, 11) is 0. The molecule has 5 N–H and O–H groups in total. The molecule has 2 aromatic carbocycles. The number of fused-ring (bicyclic) bond motifs is 1. The Labute approximate surface area is 377 Å². The van der Waals surface area contributed by atoms with Gasteiger partial charge in [0.15, 0.2) is 11.6 Å². The number of β-amino-alcohol motifs (C(OH)–C–C–N with tert-alkyl or cyclic N) is 1. The van der Waals surface area contributed by atoms with E-state index in [1.54, 1.807) is 29.5 Å². The molecule has 17 heteroatoms. The van der Waals surface area contributed by atoms with Gasteiger partial charge in [-0.2, -0.15) is 0 Å². The first-order valence-electron chi connectivity index (χ1n) is 22.5. The van der Waals surface area contributed by atoms with E-state index >= 15 is 0 Å². The number of piperidine rings is 1. The molecule has 0 bridgehead atoms. The maximum atomic E-state index is 14.2. The quantitative estimate of drug-likeness (QED) is 0.0971. The van der Waals surface area contributed by atoms with Gasteiger partial charge in [0.25, 0.3) is 5.88 Å². The van der Waals surface area contributed by atoms with Crippen LogP contribution in [0.3, 0.4) is 0 Å². The number of phenolic OH excluding ortho intramolecular Hbond substituents is 1. The maximum absolute atomic E-state index is 14.2. The smallest absolute Gasteiger partial charge is 0.254 e. The largest absolute Gasteiger partial charge is 0.507 e. The number of ether oxygens (including phenoxy) is 1. The fraction of sp³-hybridized carbons (Fsp3) is 0.489. The molecule has 2 amide bonds. The molecule has 3 fully saturated rings. The van der Waals surface area contributed by atoms with Crippen LogP contribution in [0.15, 0.2) is 70.7 Å². The number of nitrogens with one attached hydrogen (secondary N) is 3. The lowest BCUT2D eigenvalue weighted by molar-refractivity contribution is -0.141. The number of thiazole rings is 1. The second kappa shape index (κ2) is 18.5. The summed E-state index contributed by atoms with van der Waals surface area (Å²) in [5, 5.41) is 44.6. The molecule has 0 aliphatic carbocycles. The topological polar surface area (TPSA) is 194 Å². The first kappa shape index (κ1) is 43.6. The van der Waals surface area contributed by atoms with Crippen molar-refractivity contribution in [3.05, 3.63) is 83.2 Å². The van der Waals surface area contributed by atoms with Gasteiger partial charge in [-0.3, -0.25) is 19.4 Å². The molecule has 3 aromatic heterocycles. The average molecular weight is 891 g/mol. The molecule has 9 rings (SSSR count). The first-order valence-corrected chi connectivity index (χ1v) is 23.3. The number of hydrogen-bond acceptors (Lipinski definition) is 15. The Bertz CT molecular complexity index is 2440. The first-order chi connectivity index (χ1) is 30.9. The highest BCUT2D eigenvalue weighted by atomic mass is 32.1. The monoisotopic (exact) mass is 890 g/mol. The molecule has 16 nitrogen and oxygen atoms in total. The predicted molar refractivity (Wildman–Crippen MR) is 244 cm³/mol. The van der Waals surface area contributed by atoms with Crippen molar-refractivity contribution in [1.82, 2.24) is 40.4 Å².